The number of carbonyl (C=O) groups excluding carboxylic acids is 2. The van der Waals surface area contributed by atoms with Gasteiger partial charge in [0.25, 0.3) is 5.91 Å². The summed E-state index contributed by atoms with van der Waals surface area (Å²) in [7, 11) is 2.05. The number of fused-ring (bicyclic) bond motifs is 1. The molecule has 13 heteroatoms. The number of hydrogen-bond donors (Lipinski definition) is 3. The van der Waals surface area contributed by atoms with Gasteiger partial charge in [-0.05, 0) is 19.2 Å². The third kappa shape index (κ3) is 4.74. The first-order valence-electron chi connectivity index (χ1n) is 10.6. The molecule has 3 aromatic heterocycles. The maximum Gasteiger partial charge on any atom is 0.267 e. The monoisotopic (exact) mass is 499 g/mol. The number of benzene rings is 1. The number of nitrogens with one attached hydrogen (secondary N) is 3. The van der Waals surface area contributed by atoms with E-state index in [1.165, 1.54) is 17.5 Å². The van der Waals surface area contributed by atoms with Crippen LogP contribution in [0.15, 0.2) is 36.8 Å². The van der Waals surface area contributed by atoms with Gasteiger partial charge in [-0.1, -0.05) is 22.9 Å². The lowest BCUT2D eigenvalue weighted by atomic mass is 10.2. The Morgan fingerprint density at radius 2 is 2.00 bits per heavy atom. The molecule has 0 aliphatic carbocycles. The molecular weight excluding hydrogens is 478 g/mol. The van der Waals surface area contributed by atoms with Crippen LogP contribution in [0.4, 0.5) is 16.6 Å². The zero-order chi connectivity index (χ0) is 23.7. The first-order chi connectivity index (χ1) is 16.5. The molecule has 0 spiro atoms. The summed E-state index contributed by atoms with van der Waals surface area (Å²) in [5.41, 5.74) is 1.26. The minimum atomic E-state index is -0.329. The van der Waals surface area contributed by atoms with Crippen LogP contribution < -0.4 is 10.6 Å². The number of rotatable bonds is 6. The zero-order valence-corrected chi connectivity index (χ0v) is 19.9. The zero-order valence-electron chi connectivity index (χ0n) is 18.3. The van der Waals surface area contributed by atoms with Gasteiger partial charge >= 0.3 is 0 Å². The normalized spacial score (nSPS) is 14.5. The van der Waals surface area contributed by atoms with E-state index in [1.807, 2.05) is 4.90 Å². The van der Waals surface area contributed by atoms with Crippen LogP contribution in [0.25, 0.3) is 10.9 Å². The van der Waals surface area contributed by atoms with E-state index in [1.54, 1.807) is 35.3 Å². The van der Waals surface area contributed by atoms with Gasteiger partial charge in [0.15, 0.2) is 10.9 Å². The van der Waals surface area contributed by atoms with E-state index >= 15 is 0 Å². The number of piperazine rings is 1. The number of halogens is 1. The Kier molecular flexibility index (Phi) is 6.18. The summed E-state index contributed by atoms with van der Waals surface area (Å²) in [4.78, 5) is 34.0. The lowest BCUT2D eigenvalue weighted by Crippen LogP contribution is -2.48. The van der Waals surface area contributed by atoms with Gasteiger partial charge in [-0.3, -0.25) is 19.4 Å². The van der Waals surface area contributed by atoms with Gasteiger partial charge in [0.1, 0.15) is 11.4 Å². The van der Waals surface area contributed by atoms with Crippen LogP contribution in [-0.2, 0) is 11.3 Å². The molecular formula is C21H22ClN9O2S. The number of amides is 2. The highest BCUT2D eigenvalue weighted by Gasteiger charge is 2.20. The molecule has 0 atom stereocenters. The van der Waals surface area contributed by atoms with Crippen LogP contribution in [0.1, 0.15) is 9.67 Å². The fourth-order valence-electron chi connectivity index (χ4n) is 3.65. The average Bonchev–Trinajstić information content (AvgIpc) is 3.58. The smallest absolute Gasteiger partial charge is 0.267 e. The van der Waals surface area contributed by atoms with E-state index in [2.05, 4.69) is 42.9 Å². The van der Waals surface area contributed by atoms with Crippen LogP contribution in [0.3, 0.4) is 0 Å². The number of aromatic amines is 1. The summed E-state index contributed by atoms with van der Waals surface area (Å²) in [5.74, 6) is 0.255. The molecule has 176 valence electrons. The highest BCUT2D eigenvalue weighted by atomic mass is 35.5. The Morgan fingerprint density at radius 1 is 1.18 bits per heavy atom. The first-order valence-corrected chi connectivity index (χ1v) is 11.8. The Morgan fingerprint density at radius 3 is 2.82 bits per heavy atom. The fourth-order valence-corrected chi connectivity index (χ4v) is 4.58. The van der Waals surface area contributed by atoms with Gasteiger partial charge in [0, 0.05) is 43.8 Å². The summed E-state index contributed by atoms with van der Waals surface area (Å²) >= 11 is 7.46. The molecule has 0 radical (unpaired) electrons. The molecule has 0 bridgehead atoms. The van der Waals surface area contributed by atoms with Crippen LogP contribution in [0, 0.1) is 0 Å². The van der Waals surface area contributed by atoms with Crippen molar-refractivity contribution in [2.45, 2.75) is 6.54 Å². The summed E-state index contributed by atoms with van der Waals surface area (Å²) < 4.78 is 1.60. The third-order valence-corrected chi connectivity index (χ3v) is 6.80. The van der Waals surface area contributed by atoms with E-state index in [9.17, 15) is 9.59 Å². The number of carbonyl (C=O) groups is 2. The minimum absolute atomic E-state index is 0.0438. The Bertz CT molecular complexity index is 1340. The standard InChI is InChI=1S/C21H22ClN9O2S/c1-29-6-8-30(9-7-29)18(32)12-31-5-4-17(28-31)25-21-23-11-16(34-21)20(33)26-19-13-10-24-27-15(13)3-2-14(19)22/h2-5,10-11H,6-9,12H2,1H3,(H,24,27)(H,26,33)(H,23,25,28). The minimum Gasteiger partial charge on any atom is -0.339 e. The largest absolute Gasteiger partial charge is 0.339 e. The predicted octanol–water partition coefficient (Wildman–Crippen LogP) is 2.64. The van der Waals surface area contributed by atoms with Crippen molar-refractivity contribution in [1.29, 1.82) is 0 Å². The molecule has 34 heavy (non-hydrogen) atoms. The van der Waals surface area contributed by atoms with Crippen LogP contribution in [0.5, 0.6) is 0 Å². The number of nitrogens with zero attached hydrogens (tertiary/aromatic N) is 6. The Balaban J connectivity index is 1.20. The van der Waals surface area contributed by atoms with Crippen molar-refractivity contribution < 1.29 is 9.59 Å². The lowest BCUT2D eigenvalue weighted by molar-refractivity contribution is -0.133. The van der Waals surface area contributed by atoms with Crippen molar-refractivity contribution in [3.05, 3.63) is 46.7 Å². The van der Waals surface area contributed by atoms with Crippen LogP contribution in [-0.4, -0.2) is 79.8 Å². The number of hydrogen-bond acceptors (Lipinski definition) is 8. The van der Waals surface area contributed by atoms with Crippen molar-refractivity contribution in [2.24, 2.45) is 0 Å². The molecule has 1 aliphatic heterocycles. The second kappa shape index (κ2) is 9.41. The average molecular weight is 500 g/mol. The molecule has 4 heterocycles. The molecule has 2 amide bonds. The van der Waals surface area contributed by atoms with Crippen molar-refractivity contribution >= 4 is 62.3 Å². The molecule has 3 N–H and O–H groups in total. The first kappa shape index (κ1) is 22.3. The molecule has 0 saturated carbocycles. The van der Waals surface area contributed by atoms with Gasteiger partial charge in [0.05, 0.1) is 28.6 Å². The van der Waals surface area contributed by atoms with Gasteiger partial charge in [-0.25, -0.2) is 4.98 Å². The highest BCUT2D eigenvalue weighted by Crippen LogP contribution is 2.31. The number of H-pyrrole nitrogens is 1. The molecule has 4 aromatic rings. The summed E-state index contributed by atoms with van der Waals surface area (Å²) in [6, 6.07) is 5.26. The van der Waals surface area contributed by atoms with Crippen molar-refractivity contribution in [3.8, 4) is 0 Å². The van der Waals surface area contributed by atoms with Gasteiger partial charge in [-0.2, -0.15) is 10.2 Å². The number of likely N-dealkylation sites (N-methyl/N-ethyl adjacent to an activating group) is 1. The molecule has 1 saturated heterocycles. The second-order valence-corrected chi connectivity index (χ2v) is 9.38. The summed E-state index contributed by atoms with van der Waals surface area (Å²) in [6.45, 7) is 3.39. The van der Waals surface area contributed by atoms with Gasteiger partial charge < -0.3 is 20.4 Å². The molecule has 1 aliphatic rings. The van der Waals surface area contributed by atoms with Crippen LogP contribution >= 0.6 is 22.9 Å². The van der Waals surface area contributed by atoms with E-state index in [0.29, 0.717) is 26.5 Å². The summed E-state index contributed by atoms with van der Waals surface area (Å²) in [6.07, 6.45) is 4.84. The van der Waals surface area contributed by atoms with E-state index in [4.69, 9.17) is 11.6 Å². The third-order valence-electron chi connectivity index (χ3n) is 5.57. The summed E-state index contributed by atoms with van der Waals surface area (Å²) in [5, 5.41) is 18.8. The topological polar surface area (TPSA) is 124 Å². The quantitative estimate of drug-likeness (QED) is 0.372. The van der Waals surface area contributed by atoms with E-state index in [-0.39, 0.29) is 18.4 Å². The maximum atomic E-state index is 12.8. The van der Waals surface area contributed by atoms with E-state index < -0.39 is 0 Å². The fraction of sp³-hybridized carbons (Fsp3) is 0.286. The SMILES string of the molecule is CN1CCN(C(=O)Cn2ccc(Nc3ncc(C(=O)Nc4c(Cl)ccc5[nH]ncc45)s3)n2)CC1. The Hall–Kier alpha value is -3.48. The molecule has 5 rings (SSSR count). The Labute approximate surface area is 203 Å². The van der Waals surface area contributed by atoms with Crippen molar-refractivity contribution in [2.75, 3.05) is 43.9 Å². The van der Waals surface area contributed by atoms with Gasteiger partial charge in [-0.15, -0.1) is 0 Å². The number of thiazole rings is 1. The van der Waals surface area contributed by atoms with Crippen LogP contribution in [0.2, 0.25) is 5.02 Å². The highest BCUT2D eigenvalue weighted by molar-refractivity contribution is 7.17. The van der Waals surface area contributed by atoms with Crippen molar-refractivity contribution in [3.63, 3.8) is 0 Å². The van der Waals surface area contributed by atoms with E-state index in [0.717, 1.165) is 37.1 Å². The molecule has 0 unspecified atom stereocenters. The van der Waals surface area contributed by atoms with Crippen molar-refractivity contribution in [1.82, 2.24) is 34.8 Å². The maximum absolute atomic E-state index is 12.8. The molecule has 1 fully saturated rings. The number of aromatic nitrogens is 5. The second-order valence-electron chi connectivity index (χ2n) is 7.95. The predicted molar refractivity (Wildman–Crippen MR) is 131 cm³/mol. The molecule has 1 aromatic carbocycles. The lowest BCUT2D eigenvalue weighted by Gasteiger charge is -2.32. The molecule has 11 nitrogen and oxygen atoms in total. The number of anilines is 3. The van der Waals surface area contributed by atoms with Gasteiger partial charge in [0.2, 0.25) is 5.91 Å².